The molecule has 1 fully saturated rings. The molecule has 1 N–H and O–H groups in total. The molecule has 120 valence electrons. The molecule has 1 aliphatic rings. The van der Waals surface area contributed by atoms with Crippen LogP contribution < -0.4 is 4.74 Å². The summed E-state index contributed by atoms with van der Waals surface area (Å²) in [5.41, 5.74) is 2.80. The normalized spacial score (nSPS) is 21.0. The highest BCUT2D eigenvalue weighted by atomic mass is 16.5. The van der Waals surface area contributed by atoms with Crippen LogP contribution in [0.15, 0.2) is 48.5 Å². The lowest BCUT2D eigenvalue weighted by atomic mass is 9.82. The van der Waals surface area contributed by atoms with E-state index in [0.717, 1.165) is 31.2 Å². The summed E-state index contributed by atoms with van der Waals surface area (Å²) in [7, 11) is 0. The fraction of sp³-hybridized carbons (Fsp3) is 0.350. The second-order valence-electron chi connectivity index (χ2n) is 6.29. The van der Waals surface area contributed by atoms with Crippen molar-refractivity contribution in [3.05, 3.63) is 65.2 Å². The van der Waals surface area contributed by atoms with Crippen LogP contribution in [0.1, 0.15) is 53.1 Å². The van der Waals surface area contributed by atoms with Crippen LogP contribution in [0.4, 0.5) is 0 Å². The molecule has 0 aromatic heterocycles. The van der Waals surface area contributed by atoms with Crippen molar-refractivity contribution in [2.45, 2.75) is 44.6 Å². The number of carbonyl (C=O) groups is 1. The van der Waals surface area contributed by atoms with Crippen LogP contribution in [0, 0.1) is 6.92 Å². The number of aryl methyl sites for hydroxylation is 1. The fourth-order valence-electron chi connectivity index (χ4n) is 3.18. The molecule has 0 unspecified atom stereocenters. The van der Waals surface area contributed by atoms with Gasteiger partial charge in [0.25, 0.3) is 0 Å². The van der Waals surface area contributed by atoms with E-state index in [1.54, 1.807) is 12.1 Å². The minimum absolute atomic E-state index is 0.140. The highest BCUT2D eigenvalue weighted by Crippen LogP contribution is 2.34. The van der Waals surface area contributed by atoms with E-state index in [9.17, 15) is 9.90 Å². The van der Waals surface area contributed by atoms with E-state index in [4.69, 9.17) is 4.74 Å². The van der Waals surface area contributed by atoms with E-state index >= 15 is 0 Å². The summed E-state index contributed by atoms with van der Waals surface area (Å²) in [6.07, 6.45) is 3.63. The zero-order valence-electron chi connectivity index (χ0n) is 13.4. The lowest BCUT2D eigenvalue weighted by molar-refractivity contribution is 0.0733. The Labute approximate surface area is 136 Å². The molecule has 3 heteroatoms. The highest BCUT2D eigenvalue weighted by Gasteiger charge is 2.21. The van der Waals surface area contributed by atoms with Gasteiger partial charge in [-0.25, -0.2) is 4.79 Å². The van der Waals surface area contributed by atoms with E-state index < -0.39 is 0 Å². The van der Waals surface area contributed by atoms with Crippen molar-refractivity contribution in [3.63, 3.8) is 0 Å². The Balaban J connectivity index is 1.71. The van der Waals surface area contributed by atoms with Gasteiger partial charge in [-0.15, -0.1) is 0 Å². The summed E-state index contributed by atoms with van der Waals surface area (Å²) in [4.78, 5) is 12.1. The topological polar surface area (TPSA) is 46.5 Å². The minimum Gasteiger partial charge on any atom is -0.423 e. The summed E-state index contributed by atoms with van der Waals surface area (Å²) in [6, 6.07) is 15.1. The monoisotopic (exact) mass is 310 g/mol. The van der Waals surface area contributed by atoms with Gasteiger partial charge in [0.15, 0.2) is 0 Å². The van der Waals surface area contributed by atoms with Gasteiger partial charge in [0.2, 0.25) is 0 Å². The SMILES string of the molecule is Cc1cc(C2CCC(O)CC2)ccc1OC(=O)c1ccccc1. The zero-order valence-corrected chi connectivity index (χ0v) is 13.4. The predicted molar refractivity (Wildman–Crippen MR) is 89.8 cm³/mol. The minimum atomic E-state index is -0.331. The largest absolute Gasteiger partial charge is 0.423 e. The van der Waals surface area contributed by atoms with Gasteiger partial charge in [-0.3, -0.25) is 0 Å². The second kappa shape index (κ2) is 6.97. The molecule has 0 aliphatic heterocycles. The Morgan fingerprint density at radius 3 is 2.39 bits per heavy atom. The van der Waals surface area contributed by atoms with Gasteiger partial charge >= 0.3 is 5.97 Å². The fourth-order valence-corrected chi connectivity index (χ4v) is 3.18. The van der Waals surface area contributed by atoms with Crippen LogP contribution in [0.25, 0.3) is 0 Å². The Bertz CT molecular complexity index is 671. The van der Waals surface area contributed by atoms with Crippen LogP contribution >= 0.6 is 0 Å². The third-order valence-corrected chi connectivity index (χ3v) is 4.58. The molecule has 0 heterocycles. The molecule has 1 aliphatic carbocycles. The van der Waals surface area contributed by atoms with Crippen LogP contribution in [0.5, 0.6) is 5.75 Å². The first-order valence-corrected chi connectivity index (χ1v) is 8.19. The molecule has 2 aromatic carbocycles. The summed E-state index contributed by atoms with van der Waals surface area (Å²) >= 11 is 0. The molecule has 0 spiro atoms. The van der Waals surface area contributed by atoms with E-state index in [1.807, 2.05) is 37.3 Å². The highest BCUT2D eigenvalue weighted by molar-refractivity contribution is 5.91. The molecule has 0 atom stereocenters. The van der Waals surface area contributed by atoms with Crippen molar-refractivity contribution in [1.29, 1.82) is 0 Å². The maximum Gasteiger partial charge on any atom is 0.343 e. The van der Waals surface area contributed by atoms with Crippen LogP contribution in [-0.2, 0) is 0 Å². The number of carbonyl (C=O) groups excluding carboxylic acids is 1. The Kier molecular flexibility index (Phi) is 4.77. The third-order valence-electron chi connectivity index (χ3n) is 4.58. The molecular formula is C20H22O3. The number of benzene rings is 2. The van der Waals surface area contributed by atoms with Crippen molar-refractivity contribution in [3.8, 4) is 5.75 Å². The molecule has 0 saturated heterocycles. The molecule has 3 nitrogen and oxygen atoms in total. The molecule has 1 saturated carbocycles. The van der Waals surface area contributed by atoms with Gasteiger partial charge in [0.05, 0.1) is 11.7 Å². The van der Waals surface area contributed by atoms with Crippen molar-refractivity contribution >= 4 is 5.97 Å². The van der Waals surface area contributed by atoms with E-state index in [1.165, 1.54) is 5.56 Å². The van der Waals surface area contributed by atoms with Crippen LogP contribution in [0.2, 0.25) is 0 Å². The van der Waals surface area contributed by atoms with Gasteiger partial charge < -0.3 is 9.84 Å². The van der Waals surface area contributed by atoms with Gasteiger partial charge in [-0.2, -0.15) is 0 Å². The number of rotatable bonds is 3. The number of aliphatic hydroxyl groups excluding tert-OH is 1. The third kappa shape index (κ3) is 3.80. The summed E-state index contributed by atoms with van der Waals surface area (Å²) < 4.78 is 5.51. The van der Waals surface area contributed by atoms with Crippen LogP contribution in [0.3, 0.4) is 0 Å². The number of ether oxygens (including phenoxy) is 1. The van der Waals surface area contributed by atoms with Gasteiger partial charge in [-0.1, -0.05) is 30.3 Å². The van der Waals surface area contributed by atoms with Crippen molar-refractivity contribution in [2.24, 2.45) is 0 Å². The van der Waals surface area contributed by atoms with Crippen molar-refractivity contribution < 1.29 is 14.6 Å². The smallest absolute Gasteiger partial charge is 0.343 e. The maximum atomic E-state index is 12.1. The lowest BCUT2D eigenvalue weighted by Gasteiger charge is -2.26. The van der Waals surface area contributed by atoms with Gasteiger partial charge in [0.1, 0.15) is 5.75 Å². The number of aliphatic hydroxyl groups is 1. The summed E-state index contributed by atoms with van der Waals surface area (Å²) in [6.45, 7) is 1.97. The quantitative estimate of drug-likeness (QED) is 0.681. The Morgan fingerprint density at radius 2 is 1.74 bits per heavy atom. The average Bonchev–Trinajstić information content (AvgIpc) is 2.58. The Morgan fingerprint density at radius 1 is 1.04 bits per heavy atom. The number of hydrogen-bond acceptors (Lipinski definition) is 3. The zero-order chi connectivity index (χ0) is 16.2. The molecule has 3 rings (SSSR count). The predicted octanol–water partition coefficient (Wildman–Crippen LogP) is 4.23. The average molecular weight is 310 g/mol. The van der Waals surface area contributed by atoms with Crippen LogP contribution in [-0.4, -0.2) is 17.2 Å². The molecule has 0 amide bonds. The second-order valence-corrected chi connectivity index (χ2v) is 6.29. The molecule has 0 bridgehead atoms. The first-order valence-electron chi connectivity index (χ1n) is 8.19. The van der Waals surface area contributed by atoms with E-state index in [0.29, 0.717) is 17.2 Å². The maximum absolute atomic E-state index is 12.1. The van der Waals surface area contributed by atoms with Gasteiger partial charge in [-0.05, 0) is 67.9 Å². The number of esters is 1. The summed E-state index contributed by atoms with van der Waals surface area (Å²) in [5.74, 6) is 0.775. The molecular weight excluding hydrogens is 288 g/mol. The first kappa shape index (κ1) is 15.8. The van der Waals surface area contributed by atoms with Crippen molar-refractivity contribution in [1.82, 2.24) is 0 Å². The first-order chi connectivity index (χ1) is 11.1. The lowest BCUT2D eigenvalue weighted by Crippen LogP contribution is -2.17. The van der Waals surface area contributed by atoms with E-state index in [-0.39, 0.29) is 12.1 Å². The molecule has 0 radical (unpaired) electrons. The molecule has 23 heavy (non-hydrogen) atoms. The Hall–Kier alpha value is -2.13. The van der Waals surface area contributed by atoms with Crippen molar-refractivity contribution in [2.75, 3.05) is 0 Å². The molecule has 2 aromatic rings. The summed E-state index contributed by atoms with van der Waals surface area (Å²) in [5, 5.41) is 9.62. The number of hydrogen-bond donors (Lipinski definition) is 1. The van der Waals surface area contributed by atoms with Gasteiger partial charge in [0, 0.05) is 0 Å². The standard InChI is InChI=1S/C20H22O3/c1-14-13-17(15-7-10-18(21)11-8-15)9-12-19(14)23-20(22)16-5-3-2-4-6-16/h2-6,9,12-13,15,18,21H,7-8,10-11H2,1H3. The van der Waals surface area contributed by atoms with E-state index in [2.05, 4.69) is 6.07 Å².